The van der Waals surface area contributed by atoms with E-state index in [2.05, 4.69) is 10.6 Å². The van der Waals surface area contributed by atoms with E-state index in [-0.39, 0.29) is 37.1 Å². The van der Waals surface area contributed by atoms with Crippen molar-refractivity contribution >= 4 is 35.3 Å². The molecule has 9 nitrogen and oxygen atoms in total. The van der Waals surface area contributed by atoms with E-state index in [9.17, 15) is 29.1 Å². The molecule has 2 aromatic rings. The Bertz CT molecular complexity index is 1190. The Morgan fingerprint density at radius 3 is 2.42 bits per heavy atom. The summed E-state index contributed by atoms with van der Waals surface area (Å²) in [6.07, 6.45) is 0.443. The Morgan fingerprint density at radius 2 is 1.79 bits per heavy atom. The Labute approximate surface area is 189 Å². The maximum absolute atomic E-state index is 12.8. The lowest BCUT2D eigenvalue weighted by molar-refractivity contribution is -0.142. The second kappa shape index (κ2) is 8.16. The number of imide groups is 1. The minimum absolute atomic E-state index is 0.173. The number of benzene rings is 2. The van der Waals surface area contributed by atoms with E-state index in [0.29, 0.717) is 27.9 Å². The highest BCUT2D eigenvalue weighted by atomic mass is 16.4. The zero-order valence-electron chi connectivity index (χ0n) is 18.2. The number of carboxylic acids is 1. The lowest BCUT2D eigenvalue weighted by atomic mass is 9.85. The first-order chi connectivity index (χ1) is 15.6. The number of carbonyl (C=O) groups excluding carboxylic acids is 4. The van der Waals surface area contributed by atoms with Gasteiger partial charge in [0, 0.05) is 29.8 Å². The molecule has 1 saturated heterocycles. The molecule has 170 valence electrons. The SMILES string of the molecule is CC(C)(C(=O)O)c1ccc(NC(=O)c2ccc3c(c2)CN(C2CCC(=O)NC2=O)C3=O)cc1. The van der Waals surface area contributed by atoms with Crippen molar-refractivity contribution in [1.29, 1.82) is 0 Å². The van der Waals surface area contributed by atoms with Gasteiger partial charge in [0.25, 0.3) is 11.8 Å². The van der Waals surface area contributed by atoms with Crippen LogP contribution in [0.15, 0.2) is 42.5 Å². The lowest BCUT2D eigenvalue weighted by Gasteiger charge is -2.29. The predicted molar refractivity (Wildman–Crippen MR) is 118 cm³/mol. The summed E-state index contributed by atoms with van der Waals surface area (Å²) < 4.78 is 0. The third kappa shape index (κ3) is 4.09. The van der Waals surface area contributed by atoms with Crippen LogP contribution in [0.3, 0.4) is 0 Å². The van der Waals surface area contributed by atoms with Crippen molar-refractivity contribution in [3.05, 3.63) is 64.7 Å². The van der Waals surface area contributed by atoms with Crippen LogP contribution in [0, 0.1) is 0 Å². The van der Waals surface area contributed by atoms with Crippen LogP contribution in [-0.2, 0) is 26.3 Å². The molecule has 1 atom stereocenters. The summed E-state index contributed by atoms with van der Waals surface area (Å²) in [7, 11) is 0. The van der Waals surface area contributed by atoms with Gasteiger partial charge in [-0.1, -0.05) is 12.1 Å². The van der Waals surface area contributed by atoms with E-state index in [1.54, 1.807) is 56.3 Å². The van der Waals surface area contributed by atoms with Crippen molar-refractivity contribution in [2.24, 2.45) is 0 Å². The molecule has 1 unspecified atom stereocenters. The minimum Gasteiger partial charge on any atom is -0.481 e. The van der Waals surface area contributed by atoms with Crippen molar-refractivity contribution < 1.29 is 29.1 Å². The van der Waals surface area contributed by atoms with Gasteiger partial charge in [-0.2, -0.15) is 0 Å². The number of nitrogens with zero attached hydrogens (tertiary/aromatic N) is 1. The summed E-state index contributed by atoms with van der Waals surface area (Å²) in [5.74, 6) is -2.46. The van der Waals surface area contributed by atoms with E-state index in [0.717, 1.165) is 0 Å². The summed E-state index contributed by atoms with van der Waals surface area (Å²) in [4.78, 5) is 61.9. The molecule has 4 rings (SSSR count). The van der Waals surface area contributed by atoms with Gasteiger partial charge in [-0.25, -0.2) is 0 Å². The molecule has 1 fully saturated rings. The van der Waals surface area contributed by atoms with E-state index >= 15 is 0 Å². The van der Waals surface area contributed by atoms with E-state index in [4.69, 9.17) is 0 Å². The van der Waals surface area contributed by atoms with Gasteiger partial charge in [0.2, 0.25) is 11.8 Å². The summed E-state index contributed by atoms with van der Waals surface area (Å²) in [6, 6.07) is 10.6. The molecule has 9 heteroatoms. The van der Waals surface area contributed by atoms with Crippen LogP contribution in [0.25, 0.3) is 0 Å². The number of carboxylic acid groups (broad SMARTS) is 1. The molecule has 33 heavy (non-hydrogen) atoms. The minimum atomic E-state index is -1.05. The number of hydrogen-bond acceptors (Lipinski definition) is 5. The summed E-state index contributed by atoms with van der Waals surface area (Å²) in [6.45, 7) is 3.39. The van der Waals surface area contributed by atoms with Crippen LogP contribution in [0.2, 0.25) is 0 Å². The van der Waals surface area contributed by atoms with Gasteiger partial charge in [0.15, 0.2) is 0 Å². The molecule has 2 aliphatic rings. The average molecular weight is 449 g/mol. The lowest BCUT2D eigenvalue weighted by Crippen LogP contribution is -2.52. The Hall–Kier alpha value is -4.01. The van der Waals surface area contributed by atoms with Gasteiger partial charge in [0.1, 0.15) is 6.04 Å². The zero-order chi connectivity index (χ0) is 23.9. The summed E-state index contributed by atoms with van der Waals surface area (Å²) in [5.41, 5.74) is 1.47. The quantitative estimate of drug-likeness (QED) is 0.599. The average Bonchev–Trinajstić information content (AvgIpc) is 3.09. The third-order valence-electron chi connectivity index (χ3n) is 6.18. The summed E-state index contributed by atoms with van der Waals surface area (Å²) >= 11 is 0. The number of fused-ring (bicyclic) bond motifs is 1. The molecule has 0 aliphatic carbocycles. The topological polar surface area (TPSA) is 133 Å². The molecular formula is C24H23N3O6. The Kier molecular flexibility index (Phi) is 5.49. The standard InChI is InChI=1S/C24H23N3O6/c1-24(2,23(32)33)15-4-6-16(7-5-15)25-20(29)13-3-8-17-14(11-13)12-27(22(17)31)18-9-10-19(28)26-21(18)30/h3-8,11,18H,9-10,12H2,1-2H3,(H,25,29)(H,32,33)(H,26,28,30). The van der Waals surface area contributed by atoms with Crippen LogP contribution in [-0.4, -0.2) is 45.6 Å². The van der Waals surface area contributed by atoms with E-state index in [1.165, 1.54) is 4.90 Å². The maximum Gasteiger partial charge on any atom is 0.313 e. The number of nitrogens with one attached hydrogen (secondary N) is 2. The molecular weight excluding hydrogens is 426 g/mol. The van der Waals surface area contributed by atoms with Gasteiger partial charge in [-0.3, -0.25) is 29.3 Å². The monoisotopic (exact) mass is 449 g/mol. The molecule has 4 amide bonds. The van der Waals surface area contributed by atoms with Crippen molar-refractivity contribution in [3.63, 3.8) is 0 Å². The summed E-state index contributed by atoms with van der Waals surface area (Å²) in [5, 5.41) is 14.4. The molecule has 3 N–H and O–H groups in total. The van der Waals surface area contributed by atoms with Crippen LogP contribution < -0.4 is 10.6 Å². The number of carbonyl (C=O) groups is 5. The molecule has 2 aromatic carbocycles. The second-order valence-corrected chi connectivity index (χ2v) is 8.73. The predicted octanol–water partition coefficient (Wildman–Crippen LogP) is 2.06. The largest absolute Gasteiger partial charge is 0.481 e. The molecule has 0 bridgehead atoms. The first-order valence-electron chi connectivity index (χ1n) is 10.5. The molecule has 0 saturated carbocycles. The number of piperidine rings is 1. The second-order valence-electron chi connectivity index (χ2n) is 8.73. The molecule has 2 aliphatic heterocycles. The van der Waals surface area contributed by atoms with E-state index in [1.807, 2.05) is 0 Å². The van der Waals surface area contributed by atoms with Gasteiger partial charge >= 0.3 is 5.97 Å². The van der Waals surface area contributed by atoms with Crippen molar-refractivity contribution in [2.45, 2.75) is 44.7 Å². The Balaban J connectivity index is 1.47. The van der Waals surface area contributed by atoms with Crippen LogP contribution in [0.5, 0.6) is 0 Å². The first kappa shape index (κ1) is 22.2. The van der Waals surface area contributed by atoms with Crippen LogP contribution >= 0.6 is 0 Å². The number of anilines is 1. The maximum atomic E-state index is 12.8. The zero-order valence-corrected chi connectivity index (χ0v) is 18.2. The number of rotatable bonds is 5. The number of hydrogen-bond donors (Lipinski definition) is 3. The normalized spacial score (nSPS) is 18.1. The van der Waals surface area contributed by atoms with Crippen LogP contribution in [0.1, 0.15) is 58.5 Å². The van der Waals surface area contributed by atoms with Gasteiger partial charge < -0.3 is 15.3 Å². The van der Waals surface area contributed by atoms with E-state index < -0.39 is 23.3 Å². The van der Waals surface area contributed by atoms with Gasteiger partial charge in [0.05, 0.1) is 5.41 Å². The van der Waals surface area contributed by atoms with Crippen molar-refractivity contribution in [1.82, 2.24) is 10.2 Å². The van der Waals surface area contributed by atoms with Crippen molar-refractivity contribution in [2.75, 3.05) is 5.32 Å². The molecule has 2 heterocycles. The third-order valence-corrected chi connectivity index (χ3v) is 6.18. The van der Waals surface area contributed by atoms with Crippen LogP contribution in [0.4, 0.5) is 5.69 Å². The highest BCUT2D eigenvalue weighted by Gasteiger charge is 2.39. The van der Waals surface area contributed by atoms with Gasteiger partial charge in [-0.15, -0.1) is 0 Å². The number of amides is 4. The Morgan fingerprint density at radius 1 is 1.09 bits per heavy atom. The fraction of sp³-hybridized carbons (Fsp3) is 0.292. The molecule has 0 spiro atoms. The van der Waals surface area contributed by atoms with Crippen molar-refractivity contribution in [3.8, 4) is 0 Å². The number of aliphatic carboxylic acids is 1. The molecule has 0 radical (unpaired) electrons. The fourth-order valence-corrected chi connectivity index (χ4v) is 4.01. The highest BCUT2D eigenvalue weighted by Crippen LogP contribution is 2.29. The smallest absolute Gasteiger partial charge is 0.313 e. The van der Waals surface area contributed by atoms with Gasteiger partial charge in [-0.05, 0) is 61.7 Å². The highest BCUT2D eigenvalue weighted by molar-refractivity contribution is 6.08. The fourth-order valence-electron chi connectivity index (χ4n) is 4.01. The first-order valence-corrected chi connectivity index (χ1v) is 10.5. The molecule has 0 aromatic heterocycles.